The summed E-state index contributed by atoms with van der Waals surface area (Å²) in [6.45, 7) is 7.58. The lowest BCUT2D eigenvalue weighted by molar-refractivity contribution is -0.119. The molecule has 1 fully saturated rings. The molecule has 22 heavy (non-hydrogen) atoms. The third-order valence-corrected chi connectivity index (χ3v) is 5.39. The van der Waals surface area contributed by atoms with Gasteiger partial charge < -0.3 is 10.6 Å². The lowest BCUT2D eigenvalue weighted by Gasteiger charge is -2.30. The largest absolute Gasteiger partial charge is 0.355 e. The molecule has 7 heteroatoms. The summed E-state index contributed by atoms with van der Waals surface area (Å²) >= 11 is 5.32. The van der Waals surface area contributed by atoms with Gasteiger partial charge in [-0.25, -0.2) is 0 Å². The van der Waals surface area contributed by atoms with Gasteiger partial charge in [-0.2, -0.15) is 0 Å². The van der Waals surface area contributed by atoms with Crippen molar-refractivity contribution < 1.29 is 4.79 Å². The fraction of sp³-hybridized carbons (Fsp3) is 0.667. The third-order valence-electron chi connectivity index (χ3n) is 3.79. The molecule has 2 rings (SSSR count). The number of halogens is 2. The fourth-order valence-electron chi connectivity index (χ4n) is 2.71. The van der Waals surface area contributed by atoms with Crippen molar-refractivity contribution in [3.63, 3.8) is 0 Å². The molecule has 4 nitrogen and oxygen atoms in total. The molecule has 1 amide bonds. The van der Waals surface area contributed by atoms with Crippen LogP contribution in [0.2, 0.25) is 0 Å². The van der Waals surface area contributed by atoms with Gasteiger partial charge in [-0.3, -0.25) is 9.69 Å². The van der Waals surface area contributed by atoms with Crippen LogP contribution in [0.4, 0.5) is 0 Å². The quantitative estimate of drug-likeness (QED) is 0.726. The van der Waals surface area contributed by atoms with E-state index in [4.69, 9.17) is 0 Å². The first kappa shape index (κ1) is 19.9. The average Bonchev–Trinajstić information content (AvgIpc) is 2.85. The van der Waals surface area contributed by atoms with Crippen molar-refractivity contribution in [2.24, 2.45) is 5.92 Å². The molecular formula is C15H25BrClN3OS. The highest BCUT2D eigenvalue weighted by molar-refractivity contribution is 9.11. The molecule has 1 saturated heterocycles. The zero-order chi connectivity index (χ0) is 15.1. The van der Waals surface area contributed by atoms with Gasteiger partial charge in [-0.15, -0.1) is 23.7 Å². The van der Waals surface area contributed by atoms with Crippen molar-refractivity contribution in [3.8, 4) is 0 Å². The van der Waals surface area contributed by atoms with Crippen LogP contribution in [-0.4, -0.2) is 43.5 Å². The maximum absolute atomic E-state index is 11.0. The number of nitrogens with one attached hydrogen (secondary N) is 2. The van der Waals surface area contributed by atoms with E-state index in [1.807, 2.05) is 0 Å². The molecule has 2 N–H and O–H groups in total. The molecule has 1 aromatic rings. The Morgan fingerprint density at radius 2 is 2.18 bits per heavy atom. The minimum Gasteiger partial charge on any atom is -0.355 e. The number of carbonyl (C=O) groups is 1. The highest BCUT2D eigenvalue weighted by Crippen LogP contribution is 2.24. The smallest absolute Gasteiger partial charge is 0.216 e. The van der Waals surface area contributed by atoms with E-state index in [1.54, 1.807) is 18.3 Å². The van der Waals surface area contributed by atoms with E-state index in [9.17, 15) is 4.79 Å². The molecule has 2 heterocycles. The molecule has 1 aliphatic heterocycles. The Kier molecular flexibility index (Phi) is 9.59. The van der Waals surface area contributed by atoms with Crippen molar-refractivity contribution in [2.45, 2.75) is 26.3 Å². The maximum atomic E-state index is 11.0. The fourth-order valence-corrected chi connectivity index (χ4v) is 4.24. The molecule has 0 unspecified atom stereocenters. The minimum absolute atomic E-state index is 0. The van der Waals surface area contributed by atoms with Gasteiger partial charge in [0.05, 0.1) is 3.79 Å². The zero-order valence-electron chi connectivity index (χ0n) is 12.9. The normalized spacial score (nSPS) is 15.6. The van der Waals surface area contributed by atoms with Crippen molar-refractivity contribution in [3.05, 3.63) is 20.8 Å². The molecule has 0 atom stereocenters. The Balaban J connectivity index is 0.00000242. The maximum Gasteiger partial charge on any atom is 0.216 e. The number of hydrogen-bond acceptors (Lipinski definition) is 4. The van der Waals surface area contributed by atoms with Crippen LogP contribution < -0.4 is 10.6 Å². The van der Waals surface area contributed by atoms with Gasteiger partial charge >= 0.3 is 0 Å². The lowest BCUT2D eigenvalue weighted by Crippen LogP contribution is -2.39. The number of rotatable bonds is 7. The predicted molar refractivity (Wildman–Crippen MR) is 98.8 cm³/mol. The Labute approximate surface area is 151 Å². The van der Waals surface area contributed by atoms with Gasteiger partial charge in [0.25, 0.3) is 0 Å². The van der Waals surface area contributed by atoms with Crippen LogP contribution in [0, 0.1) is 5.92 Å². The molecule has 0 bridgehead atoms. The van der Waals surface area contributed by atoms with Crippen LogP contribution in [0.5, 0.6) is 0 Å². The number of thiophene rings is 1. The molecule has 1 aromatic heterocycles. The number of hydrogen-bond donors (Lipinski definition) is 2. The first-order valence-corrected chi connectivity index (χ1v) is 9.16. The summed E-state index contributed by atoms with van der Waals surface area (Å²) in [5, 5.41) is 6.32. The second-order valence-electron chi connectivity index (χ2n) is 5.62. The Bertz CT molecular complexity index is 452. The van der Waals surface area contributed by atoms with Crippen LogP contribution in [0.15, 0.2) is 15.9 Å². The van der Waals surface area contributed by atoms with E-state index in [1.165, 1.54) is 21.5 Å². The summed E-state index contributed by atoms with van der Waals surface area (Å²) < 4.78 is 1.18. The highest BCUT2D eigenvalue weighted by atomic mass is 79.9. The second kappa shape index (κ2) is 10.6. The number of nitrogens with zero attached hydrogens (tertiary/aromatic N) is 1. The molecule has 0 spiro atoms. The molecule has 126 valence electrons. The predicted octanol–water partition coefficient (Wildman–Crippen LogP) is 2.87. The summed E-state index contributed by atoms with van der Waals surface area (Å²) in [5.41, 5.74) is 0. The van der Waals surface area contributed by atoms with E-state index in [-0.39, 0.29) is 18.3 Å². The van der Waals surface area contributed by atoms with Crippen LogP contribution in [-0.2, 0) is 11.3 Å². The number of carbonyl (C=O) groups excluding carboxylic acids is 1. The second-order valence-corrected chi connectivity index (χ2v) is 8.16. The van der Waals surface area contributed by atoms with Crippen molar-refractivity contribution >= 4 is 45.6 Å². The molecule has 0 aromatic carbocycles. The van der Waals surface area contributed by atoms with Gasteiger partial charge in [0, 0.05) is 38.0 Å². The van der Waals surface area contributed by atoms with Crippen LogP contribution in [0.3, 0.4) is 0 Å². The highest BCUT2D eigenvalue weighted by Gasteiger charge is 2.17. The van der Waals surface area contributed by atoms with Gasteiger partial charge in [0.2, 0.25) is 5.91 Å². The van der Waals surface area contributed by atoms with E-state index in [0.29, 0.717) is 0 Å². The monoisotopic (exact) mass is 409 g/mol. The molecular weight excluding hydrogens is 386 g/mol. The van der Waals surface area contributed by atoms with Crippen molar-refractivity contribution in [2.75, 3.05) is 32.7 Å². The van der Waals surface area contributed by atoms with Crippen LogP contribution in [0.1, 0.15) is 24.6 Å². The third kappa shape index (κ3) is 7.42. The van der Waals surface area contributed by atoms with Gasteiger partial charge in [-0.05, 0) is 59.9 Å². The van der Waals surface area contributed by atoms with Gasteiger partial charge in [0.1, 0.15) is 0 Å². The van der Waals surface area contributed by atoms with Crippen molar-refractivity contribution in [1.82, 2.24) is 15.5 Å². The van der Waals surface area contributed by atoms with Crippen molar-refractivity contribution in [1.29, 1.82) is 0 Å². The zero-order valence-corrected chi connectivity index (χ0v) is 16.2. The van der Waals surface area contributed by atoms with Gasteiger partial charge in [-0.1, -0.05) is 0 Å². The summed E-state index contributed by atoms with van der Waals surface area (Å²) in [7, 11) is 0. The van der Waals surface area contributed by atoms with E-state index in [0.717, 1.165) is 45.2 Å². The van der Waals surface area contributed by atoms with Gasteiger partial charge in [0.15, 0.2) is 0 Å². The Hall–Kier alpha value is -0.140. The van der Waals surface area contributed by atoms with Crippen LogP contribution in [0.25, 0.3) is 0 Å². The number of amides is 1. The summed E-state index contributed by atoms with van der Waals surface area (Å²) in [5.74, 6) is 0.822. The lowest BCUT2D eigenvalue weighted by atomic mass is 9.97. The van der Waals surface area contributed by atoms with Crippen LogP contribution >= 0.6 is 39.7 Å². The topological polar surface area (TPSA) is 44.4 Å². The summed E-state index contributed by atoms with van der Waals surface area (Å²) in [6, 6.07) is 4.29. The van der Waals surface area contributed by atoms with E-state index in [2.05, 4.69) is 43.6 Å². The Morgan fingerprint density at radius 3 is 2.77 bits per heavy atom. The molecule has 1 aliphatic rings. The molecule has 0 radical (unpaired) electrons. The first-order chi connectivity index (χ1) is 10.1. The first-order valence-electron chi connectivity index (χ1n) is 7.55. The molecule has 0 aliphatic carbocycles. The SMILES string of the molecule is CC(=O)NCCN(Cc1ccc(Br)s1)CC1CCNCC1.Cl. The number of piperidine rings is 1. The van der Waals surface area contributed by atoms with E-state index >= 15 is 0 Å². The standard InChI is InChI=1S/C15H24BrN3OS.ClH/c1-12(20)18-8-9-19(10-13-4-6-17-7-5-13)11-14-2-3-15(16)21-14;/h2-3,13,17H,4-11H2,1H3,(H,18,20);1H. The molecule has 0 saturated carbocycles. The minimum atomic E-state index is 0. The summed E-state index contributed by atoms with van der Waals surface area (Å²) in [6.07, 6.45) is 2.51. The van der Waals surface area contributed by atoms with E-state index < -0.39 is 0 Å². The summed E-state index contributed by atoms with van der Waals surface area (Å²) in [4.78, 5) is 14.9. The average molecular weight is 411 g/mol. The Morgan fingerprint density at radius 1 is 1.45 bits per heavy atom.